The van der Waals surface area contributed by atoms with E-state index in [1.165, 1.54) is 0 Å². The molecule has 3 N–H and O–H groups in total. The van der Waals surface area contributed by atoms with E-state index in [0.717, 1.165) is 0 Å². The number of phenols is 1. The van der Waals surface area contributed by atoms with Crippen LogP contribution < -0.4 is 15.4 Å². The van der Waals surface area contributed by atoms with Crippen LogP contribution in [0.15, 0.2) is 42.5 Å². The van der Waals surface area contributed by atoms with Crippen LogP contribution in [0.4, 0.5) is 11.4 Å². The fraction of sp³-hybridized carbons (Fsp3) is 0.133. The topological polar surface area (TPSA) is 75.8 Å². The third kappa shape index (κ3) is 1.93. The van der Waals surface area contributed by atoms with Crippen LogP contribution in [-0.4, -0.2) is 24.2 Å². The highest BCUT2D eigenvalue weighted by atomic mass is 16.5. The average Bonchev–Trinajstić information content (AvgIpc) is 2.49. The molecule has 1 amide bonds. The maximum absolute atomic E-state index is 12.6. The lowest BCUT2D eigenvalue weighted by Crippen LogP contribution is -2.38. The molecule has 0 fully saturated rings. The van der Waals surface area contributed by atoms with Crippen molar-refractivity contribution in [3.8, 4) is 11.5 Å². The van der Waals surface area contributed by atoms with Gasteiger partial charge in [0.15, 0.2) is 5.75 Å². The summed E-state index contributed by atoms with van der Waals surface area (Å²) >= 11 is 0. The Kier molecular flexibility index (Phi) is 2.95. The van der Waals surface area contributed by atoms with Gasteiger partial charge in [-0.25, -0.2) is 0 Å². The Bertz CT molecular complexity index is 670. The van der Waals surface area contributed by atoms with Crippen molar-refractivity contribution in [1.82, 2.24) is 0 Å². The number of benzene rings is 2. The smallest absolute Gasteiger partial charge is 0.262 e. The molecule has 1 aliphatic rings. The second-order valence-corrected chi connectivity index (χ2v) is 4.52. The third-order valence-corrected chi connectivity index (χ3v) is 3.27. The molecule has 3 rings (SSSR count). The van der Waals surface area contributed by atoms with Crippen LogP contribution in [-0.2, 0) is 0 Å². The first kappa shape index (κ1) is 12.3. The number of nitrogen functional groups attached to an aromatic ring is 1. The van der Waals surface area contributed by atoms with Crippen LogP contribution in [0.25, 0.3) is 0 Å². The molecule has 0 spiro atoms. The second kappa shape index (κ2) is 4.77. The first-order valence-electron chi connectivity index (χ1n) is 6.29. The lowest BCUT2D eigenvalue weighted by molar-refractivity contribution is 0.0974. The van der Waals surface area contributed by atoms with Gasteiger partial charge < -0.3 is 20.5 Å². The fourth-order valence-electron chi connectivity index (χ4n) is 2.26. The van der Waals surface area contributed by atoms with Crippen molar-refractivity contribution in [3.05, 3.63) is 48.0 Å². The molecule has 20 heavy (non-hydrogen) atoms. The number of hydrogen-bond donors (Lipinski definition) is 2. The van der Waals surface area contributed by atoms with Crippen LogP contribution in [0.3, 0.4) is 0 Å². The molecule has 0 unspecified atom stereocenters. The minimum Gasteiger partial charge on any atom is -0.505 e. The molecule has 5 heteroatoms. The van der Waals surface area contributed by atoms with Crippen molar-refractivity contribution >= 4 is 17.3 Å². The number of carbonyl (C=O) groups is 1. The Labute approximate surface area is 116 Å². The molecule has 1 aliphatic heterocycles. The van der Waals surface area contributed by atoms with E-state index in [1.54, 1.807) is 23.1 Å². The Balaban J connectivity index is 2.02. The summed E-state index contributed by atoms with van der Waals surface area (Å²) in [4.78, 5) is 14.2. The van der Waals surface area contributed by atoms with Gasteiger partial charge in [0, 0.05) is 0 Å². The number of rotatable bonds is 1. The number of amides is 1. The van der Waals surface area contributed by atoms with Gasteiger partial charge in [-0.2, -0.15) is 0 Å². The van der Waals surface area contributed by atoms with E-state index in [-0.39, 0.29) is 22.9 Å². The number of carbonyl (C=O) groups excluding carboxylic acids is 1. The highest BCUT2D eigenvalue weighted by Gasteiger charge is 2.26. The lowest BCUT2D eigenvalue weighted by atomic mass is 10.1. The molecule has 0 radical (unpaired) electrons. The highest BCUT2D eigenvalue weighted by Crippen LogP contribution is 2.34. The first-order chi connectivity index (χ1) is 9.68. The van der Waals surface area contributed by atoms with Crippen molar-refractivity contribution in [3.63, 3.8) is 0 Å². The zero-order valence-corrected chi connectivity index (χ0v) is 10.7. The van der Waals surface area contributed by atoms with Gasteiger partial charge in [0.1, 0.15) is 12.4 Å². The number of hydrogen-bond acceptors (Lipinski definition) is 4. The Morgan fingerprint density at radius 2 is 2.00 bits per heavy atom. The van der Waals surface area contributed by atoms with Gasteiger partial charge in [-0.3, -0.25) is 4.79 Å². The van der Waals surface area contributed by atoms with Gasteiger partial charge >= 0.3 is 0 Å². The molecular weight excluding hydrogens is 256 g/mol. The molecule has 0 atom stereocenters. The summed E-state index contributed by atoms with van der Waals surface area (Å²) in [5.74, 6) is 0.197. The van der Waals surface area contributed by atoms with E-state index in [2.05, 4.69) is 0 Å². The summed E-state index contributed by atoms with van der Waals surface area (Å²) < 4.78 is 5.51. The Morgan fingerprint density at radius 1 is 1.20 bits per heavy atom. The molecule has 0 aromatic heterocycles. The van der Waals surface area contributed by atoms with E-state index in [0.29, 0.717) is 24.6 Å². The van der Waals surface area contributed by atoms with E-state index < -0.39 is 0 Å². The van der Waals surface area contributed by atoms with Gasteiger partial charge in [-0.05, 0) is 24.3 Å². The number of nitrogens with two attached hydrogens (primary N) is 1. The van der Waals surface area contributed by atoms with Crippen LogP contribution in [0.2, 0.25) is 0 Å². The second-order valence-electron chi connectivity index (χ2n) is 4.52. The maximum Gasteiger partial charge on any atom is 0.262 e. The minimum absolute atomic E-state index is 0.179. The van der Waals surface area contributed by atoms with Crippen LogP contribution in [0.5, 0.6) is 11.5 Å². The minimum atomic E-state index is -0.287. The Hall–Kier alpha value is -2.69. The lowest BCUT2D eigenvalue weighted by Gasteiger charge is -2.29. The third-order valence-electron chi connectivity index (χ3n) is 3.27. The predicted molar refractivity (Wildman–Crippen MR) is 76.1 cm³/mol. The van der Waals surface area contributed by atoms with Crippen LogP contribution in [0.1, 0.15) is 10.4 Å². The zero-order chi connectivity index (χ0) is 14.1. The number of ether oxygens (including phenoxy) is 1. The largest absolute Gasteiger partial charge is 0.505 e. The molecule has 0 aliphatic carbocycles. The van der Waals surface area contributed by atoms with Gasteiger partial charge in [-0.15, -0.1) is 0 Å². The fourth-order valence-corrected chi connectivity index (χ4v) is 2.26. The monoisotopic (exact) mass is 270 g/mol. The van der Waals surface area contributed by atoms with Crippen molar-refractivity contribution in [2.75, 3.05) is 23.8 Å². The van der Waals surface area contributed by atoms with Crippen molar-refractivity contribution in [2.45, 2.75) is 0 Å². The highest BCUT2D eigenvalue weighted by molar-refractivity contribution is 6.09. The van der Waals surface area contributed by atoms with E-state index >= 15 is 0 Å². The standard InChI is InChI=1S/C15H14N2O3/c16-11-5-3-4-10(14(11)18)15(19)17-8-9-20-13-7-2-1-6-12(13)17/h1-7,18H,8-9,16H2. The molecule has 5 nitrogen and oxygen atoms in total. The molecule has 0 saturated heterocycles. The van der Waals surface area contributed by atoms with Crippen molar-refractivity contribution < 1.29 is 14.6 Å². The van der Waals surface area contributed by atoms with Gasteiger partial charge in [0.2, 0.25) is 0 Å². The van der Waals surface area contributed by atoms with Crippen molar-refractivity contribution in [1.29, 1.82) is 0 Å². The molecular formula is C15H14N2O3. The normalized spacial score (nSPS) is 13.5. The number of nitrogens with zero attached hydrogens (tertiary/aromatic N) is 1. The van der Waals surface area contributed by atoms with Crippen LogP contribution in [0, 0.1) is 0 Å². The van der Waals surface area contributed by atoms with Gasteiger partial charge in [-0.1, -0.05) is 18.2 Å². The van der Waals surface area contributed by atoms with Gasteiger partial charge in [0.25, 0.3) is 5.91 Å². The SMILES string of the molecule is Nc1cccc(C(=O)N2CCOc3ccccc32)c1O. The number of para-hydroxylation sites is 3. The molecule has 102 valence electrons. The maximum atomic E-state index is 12.6. The zero-order valence-electron chi connectivity index (χ0n) is 10.7. The summed E-state index contributed by atoms with van der Waals surface area (Å²) in [5, 5.41) is 9.94. The average molecular weight is 270 g/mol. The number of phenolic OH excluding ortho intramolecular Hbond substituents is 1. The van der Waals surface area contributed by atoms with Crippen LogP contribution >= 0.6 is 0 Å². The summed E-state index contributed by atoms with van der Waals surface area (Å²) in [5.41, 5.74) is 6.72. The molecule has 1 heterocycles. The van der Waals surface area contributed by atoms with Gasteiger partial charge in [0.05, 0.1) is 23.5 Å². The first-order valence-corrected chi connectivity index (χ1v) is 6.29. The summed E-state index contributed by atoms with van der Waals surface area (Å²) in [6.07, 6.45) is 0. The summed E-state index contributed by atoms with van der Waals surface area (Å²) in [7, 11) is 0. The number of fused-ring (bicyclic) bond motifs is 1. The summed E-state index contributed by atoms with van der Waals surface area (Å²) in [6, 6.07) is 12.1. The number of aromatic hydroxyl groups is 1. The molecule has 0 bridgehead atoms. The van der Waals surface area contributed by atoms with E-state index in [9.17, 15) is 9.90 Å². The number of anilines is 2. The van der Waals surface area contributed by atoms with E-state index in [4.69, 9.17) is 10.5 Å². The Morgan fingerprint density at radius 3 is 2.85 bits per heavy atom. The molecule has 0 saturated carbocycles. The molecule has 2 aromatic rings. The van der Waals surface area contributed by atoms with Crippen molar-refractivity contribution in [2.24, 2.45) is 0 Å². The predicted octanol–water partition coefficient (Wildman–Crippen LogP) is 2.01. The van der Waals surface area contributed by atoms with E-state index in [1.807, 2.05) is 24.3 Å². The summed E-state index contributed by atoms with van der Waals surface area (Å²) in [6.45, 7) is 0.857. The molecule has 2 aromatic carbocycles. The quantitative estimate of drug-likeness (QED) is 0.614.